The molecule has 0 aliphatic rings. The minimum Gasteiger partial charge on any atom is -0.265 e. The van der Waals surface area contributed by atoms with Gasteiger partial charge in [-0.1, -0.05) is 6.07 Å². The molecular formula is C13H12F2N2O2S. The van der Waals surface area contributed by atoms with E-state index in [9.17, 15) is 17.2 Å². The number of anilines is 1. The first-order chi connectivity index (χ1) is 9.46. The van der Waals surface area contributed by atoms with Crippen LogP contribution in [-0.2, 0) is 10.0 Å². The van der Waals surface area contributed by atoms with Crippen molar-refractivity contribution in [3.63, 3.8) is 0 Å². The fraction of sp³-hybridized carbons (Fsp3) is 0.154. The standard InChI is InChI=1S/C13H12F2N2O2S/c1-2-17(11-6-3-5-10(14)9-11)20(18,19)13-12(15)7-4-8-16-13/h3-9H,2H2,1H3. The SMILES string of the molecule is CCN(c1cccc(F)c1)S(=O)(=O)c1ncccc1F. The van der Waals surface area contributed by atoms with E-state index in [4.69, 9.17) is 0 Å². The highest BCUT2D eigenvalue weighted by Gasteiger charge is 2.28. The van der Waals surface area contributed by atoms with Gasteiger partial charge < -0.3 is 0 Å². The van der Waals surface area contributed by atoms with Gasteiger partial charge in [0.25, 0.3) is 10.0 Å². The molecule has 7 heteroatoms. The van der Waals surface area contributed by atoms with Crippen LogP contribution in [0.2, 0.25) is 0 Å². The van der Waals surface area contributed by atoms with Crippen molar-refractivity contribution in [2.45, 2.75) is 11.9 Å². The molecule has 0 N–H and O–H groups in total. The molecule has 0 aliphatic heterocycles. The normalized spacial score (nSPS) is 11.3. The third kappa shape index (κ3) is 2.62. The van der Waals surface area contributed by atoms with Crippen LogP contribution in [0.3, 0.4) is 0 Å². The van der Waals surface area contributed by atoms with Crippen LogP contribution in [0.25, 0.3) is 0 Å². The summed E-state index contributed by atoms with van der Waals surface area (Å²) >= 11 is 0. The second-order valence-corrected chi connectivity index (χ2v) is 5.72. The number of nitrogens with zero attached hydrogens (tertiary/aromatic N) is 2. The van der Waals surface area contributed by atoms with Crippen molar-refractivity contribution in [1.82, 2.24) is 4.98 Å². The van der Waals surface area contributed by atoms with Crippen molar-refractivity contribution in [1.29, 1.82) is 0 Å². The lowest BCUT2D eigenvalue weighted by atomic mass is 10.3. The lowest BCUT2D eigenvalue weighted by Crippen LogP contribution is -2.32. The maximum atomic E-state index is 13.6. The number of aromatic nitrogens is 1. The topological polar surface area (TPSA) is 50.3 Å². The first-order valence-electron chi connectivity index (χ1n) is 5.85. The number of hydrogen-bond acceptors (Lipinski definition) is 3. The quantitative estimate of drug-likeness (QED) is 0.871. The minimum atomic E-state index is -4.17. The molecule has 0 amide bonds. The summed E-state index contributed by atoms with van der Waals surface area (Å²) in [6, 6.07) is 7.40. The van der Waals surface area contributed by atoms with Gasteiger partial charge in [0.2, 0.25) is 5.03 Å². The molecule has 4 nitrogen and oxygen atoms in total. The molecule has 20 heavy (non-hydrogen) atoms. The van der Waals surface area contributed by atoms with Gasteiger partial charge in [0.1, 0.15) is 5.82 Å². The summed E-state index contributed by atoms with van der Waals surface area (Å²) in [4.78, 5) is 3.57. The monoisotopic (exact) mass is 298 g/mol. The third-order valence-corrected chi connectivity index (χ3v) is 4.48. The number of rotatable bonds is 4. The van der Waals surface area contributed by atoms with E-state index in [0.717, 1.165) is 16.4 Å². The van der Waals surface area contributed by atoms with E-state index < -0.39 is 26.7 Å². The zero-order valence-corrected chi connectivity index (χ0v) is 11.4. The Hall–Kier alpha value is -2.02. The van der Waals surface area contributed by atoms with Crippen LogP contribution in [0, 0.1) is 11.6 Å². The molecule has 2 rings (SSSR count). The molecule has 1 heterocycles. The van der Waals surface area contributed by atoms with Crippen molar-refractivity contribution in [3.05, 3.63) is 54.2 Å². The Balaban J connectivity index is 2.54. The van der Waals surface area contributed by atoms with Crippen molar-refractivity contribution >= 4 is 15.7 Å². The van der Waals surface area contributed by atoms with Gasteiger partial charge in [0.05, 0.1) is 5.69 Å². The van der Waals surface area contributed by atoms with Gasteiger partial charge in [-0.3, -0.25) is 4.31 Å². The molecule has 0 radical (unpaired) electrons. The van der Waals surface area contributed by atoms with E-state index in [1.54, 1.807) is 6.92 Å². The first-order valence-corrected chi connectivity index (χ1v) is 7.29. The van der Waals surface area contributed by atoms with Crippen molar-refractivity contribution < 1.29 is 17.2 Å². The Labute approximate surface area is 115 Å². The Bertz CT molecular complexity index is 720. The highest BCUT2D eigenvalue weighted by atomic mass is 32.2. The van der Waals surface area contributed by atoms with Crippen LogP contribution >= 0.6 is 0 Å². The lowest BCUT2D eigenvalue weighted by molar-refractivity contribution is 0.551. The lowest BCUT2D eigenvalue weighted by Gasteiger charge is -2.22. The number of hydrogen-bond donors (Lipinski definition) is 0. The van der Waals surface area contributed by atoms with Crippen molar-refractivity contribution in [2.24, 2.45) is 0 Å². The first kappa shape index (κ1) is 14.4. The Morgan fingerprint density at radius 3 is 2.55 bits per heavy atom. The highest BCUT2D eigenvalue weighted by molar-refractivity contribution is 7.92. The molecule has 0 fully saturated rings. The summed E-state index contributed by atoms with van der Waals surface area (Å²) in [5.74, 6) is -1.51. The van der Waals surface area contributed by atoms with Crippen LogP contribution < -0.4 is 4.31 Å². The van der Waals surface area contributed by atoms with Gasteiger partial charge in [-0.2, -0.15) is 8.42 Å². The van der Waals surface area contributed by atoms with Gasteiger partial charge in [0, 0.05) is 12.7 Å². The van der Waals surface area contributed by atoms with E-state index in [2.05, 4.69) is 4.98 Å². The number of sulfonamides is 1. The van der Waals surface area contributed by atoms with E-state index >= 15 is 0 Å². The highest BCUT2D eigenvalue weighted by Crippen LogP contribution is 2.24. The molecule has 2 aromatic rings. The molecule has 0 bridgehead atoms. The van der Waals surface area contributed by atoms with Gasteiger partial charge in [-0.25, -0.2) is 13.8 Å². The van der Waals surface area contributed by atoms with Crippen LogP contribution in [0.1, 0.15) is 6.92 Å². The molecule has 0 unspecified atom stereocenters. The zero-order chi connectivity index (χ0) is 14.8. The number of benzene rings is 1. The van der Waals surface area contributed by atoms with Crippen LogP contribution in [0.15, 0.2) is 47.6 Å². The fourth-order valence-electron chi connectivity index (χ4n) is 1.79. The van der Waals surface area contributed by atoms with Gasteiger partial charge in [-0.05, 0) is 37.3 Å². The summed E-state index contributed by atoms with van der Waals surface area (Å²) in [6.07, 6.45) is 1.19. The Morgan fingerprint density at radius 1 is 1.20 bits per heavy atom. The summed E-state index contributed by atoms with van der Waals surface area (Å²) in [5.41, 5.74) is 0.123. The molecule has 106 valence electrons. The van der Waals surface area contributed by atoms with Gasteiger partial charge >= 0.3 is 0 Å². The van der Waals surface area contributed by atoms with Crippen molar-refractivity contribution in [2.75, 3.05) is 10.8 Å². The Kier molecular flexibility index (Phi) is 3.99. The van der Waals surface area contributed by atoms with E-state index in [-0.39, 0.29) is 12.2 Å². The fourth-order valence-corrected chi connectivity index (χ4v) is 3.24. The van der Waals surface area contributed by atoms with E-state index in [1.165, 1.54) is 30.5 Å². The molecule has 0 saturated carbocycles. The third-order valence-electron chi connectivity index (χ3n) is 2.64. The summed E-state index contributed by atoms with van der Waals surface area (Å²) < 4.78 is 52.6. The van der Waals surface area contributed by atoms with Gasteiger partial charge in [-0.15, -0.1) is 0 Å². The molecule has 1 aromatic carbocycles. The number of pyridine rings is 1. The van der Waals surface area contributed by atoms with Crippen LogP contribution in [0.5, 0.6) is 0 Å². The zero-order valence-electron chi connectivity index (χ0n) is 10.6. The molecule has 0 saturated heterocycles. The number of halogens is 2. The largest absolute Gasteiger partial charge is 0.284 e. The molecule has 0 spiro atoms. The second-order valence-electron chi connectivity index (χ2n) is 3.94. The van der Waals surface area contributed by atoms with E-state index in [1.807, 2.05) is 0 Å². The average Bonchev–Trinajstić information content (AvgIpc) is 2.39. The smallest absolute Gasteiger partial charge is 0.265 e. The maximum absolute atomic E-state index is 13.6. The summed E-state index contributed by atoms with van der Waals surface area (Å²) in [6.45, 7) is 1.60. The second kappa shape index (κ2) is 5.54. The summed E-state index contributed by atoms with van der Waals surface area (Å²) in [5, 5.41) is -0.675. The molecular weight excluding hydrogens is 286 g/mol. The predicted molar refractivity (Wildman–Crippen MR) is 70.8 cm³/mol. The molecule has 1 aromatic heterocycles. The average molecular weight is 298 g/mol. The molecule has 0 atom stereocenters. The van der Waals surface area contributed by atoms with Crippen molar-refractivity contribution in [3.8, 4) is 0 Å². The minimum absolute atomic E-state index is 0.0296. The van der Waals surface area contributed by atoms with Crippen LogP contribution in [0.4, 0.5) is 14.5 Å². The van der Waals surface area contributed by atoms with Crippen LogP contribution in [-0.4, -0.2) is 19.9 Å². The maximum Gasteiger partial charge on any atom is 0.284 e. The molecule has 0 aliphatic carbocycles. The summed E-state index contributed by atoms with van der Waals surface area (Å²) in [7, 11) is -4.17. The van der Waals surface area contributed by atoms with E-state index in [0.29, 0.717) is 0 Å². The Morgan fingerprint density at radius 2 is 1.95 bits per heavy atom. The van der Waals surface area contributed by atoms with Gasteiger partial charge in [0.15, 0.2) is 5.82 Å². The predicted octanol–water partition coefficient (Wildman–Crippen LogP) is 2.58.